The Morgan fingerprint density at radius 3 is 0.940 bits per heavy atom. The lowest BCUT2D eigenvalue weighted by Gasteiger charge is -2.18. The van der Waals surface area contributed by atoms with E-state index in [-0.39, 0.29) is 37.5 Å². The fraction of sp³-hybridized carbons (Fsp3) is 0.754. The monoisotopic (exact) mass is 935 g/mol. The zero-order valence-corrected chi connectivity index (χ0v) is 44.2. The van der Waals surface area contributed by atoms with Crippen molar-refractivity contribution in [3.05, 3.63) is 72.9 Å². The third-order valence-electron chi connectivity index (χ3n) is 12.2. The first-order valence-electron chi connectivity index (χ1n) is 28.4. The molecule has 0 aromatic carbocycles. The zero-order chi connectivity index (χ0) is 48.6. The molecule has 0 aromatic rings. The van der Waals surface area contributed by atoms with Crippen molar-refractivity contribution >= 4 is 17.9 Å². The molecule has 0 unspecified atom stereocenters. The molecule has 0 saturated carbocycles. The smallest absolute Gasteiger partial charge is 0.306 e. The largest absolute Gasteiger partial charge is 0.462 e. The Bertz CT molecular complexity index is 1260. The Labute approximate surface area is 414 Å². The first kappa shape index (κ1) is 63.8. The minimum absolute atomic E-state index is 0.105. The second-order valence-corrected chi connectivity index (χ2v) is 18.8. The number of unbranched alkanes of at least 4 members (excludes halogenated alkanes) is 28. The van der Waals surface area contributed by atoms with Crippen molar-refractivity contribution in [3.8, 4) is 0 Å². The van der Waals surface area contributed by atoms with Crippen molar-refractivity contribution in [3.63, 3.8) is 0 Å². The minimum Gasteiger partial charge on any atom is -0.462 e. The maximum Gasteiger partial charge on any atom is 0.306 e. The number of carbonyl (C=O) groups excluding carboxylic acids is 3. The Kier molecular flexibility index (Phi) is 52.8. The summed E-state index contributed by atoms with van der Waals surface area (Å²) in [7, 11) is 0. The van der Waals surface area contributed by atoms with Crippen LogP contribution in [0.2, 0.25) is 0 Å². The molecule has 0 heterocycles. The van der Waals surface area contributed by atoms with Crippen molar-refractivity contribution in [1.29, 1.82) is 0 Å². The number of hydrogen-bond acceptors (Lipinski definition) is 6. The van der Waals surface area contributed by atoms with Crippen LogP contribution in [0, 0.1) is 0 Å². The van der Waals surface area contributed by atoms with Gasteiger partial charge in [-0.1, -0.05) is 241 Å². The van der Waals surface area contributed by atoms with E-state index in [2.05, 4.69) is 93.7 Å². The van der Waals surface area contributed by atoms with Crippen LogP contribution in [0.3, 0.4) is 0 Å². The van der Waals surface area contributed by atoms with Gasteiger partial charge in [0.2, 0.25) is 0 Å². The molecular weight excluding hydrogens is 829 g/mol. The molecule has 1 atom stereocenters. The molecule has 0 radical (unpaired) electrons. The molecule has 0 rings (SSSR count). The quantitative estimate of drug-likeness (QED) is 0.0262. The van der Waals surface area contributed by atoms with Gasteiger partial charge >= 0.3 is 17.9 Å². The summed E-state index contributed by atoms with van der Waals surface area (Å²) in [5.74, 6) is -0.990. The molecule has 0 N–H and O–H groups in total. The fourth-order valence-corrected chi connectivity index (χ4v) is 7.88. The first-order valence-corrected chi connectivity index (χ1v) is 28.4. The van der Waals surface area contributed by atoms with Crippen LogP contribution >= 0.6 is 0 Å². The van der Waals surface area contributed by atoms with Crippen LogP contribution in [0.1, 0.15) is 278 Å². The lowest BCUT2D eigenvalue weighted by atomic mass is 10.0. The van der Waals surface area contributed by atoms with E-state index >= 15 is 0 Å². The summed E-state index contributed by atoms with van der Waals surface area (Å²) < 4.78 is 16.8. The molecule has 0 fully saturated rings. The Morgan fingerprint density at radius 2 is 0.552 bits per heavy atom. The normalized spacial score (nSPS) is 12.6. The third kappa shape index (κ3) is 53.7. The van der Waals surface area contributed by atoms with E-state index in [1.54, 1.807) is 0 Å². The van der Waals surface area contributed by atoms with Crippen LogP contribution in [-0.4, -0.2) is 37.2 Å². The molecule has 67 heavy (non-hydrogen) atoms. The fourth-order valence-electron chi connectivity index (χ4n) is 7.88. The van der Waals surface area contributed by atoms with Crippen LogP contribution < -0.4 is 0 Å². The molecule has 0 spiro atoms. The van der Waals surface area contributed by atoms with Crippen molar-refractivity contribution < 1.29 is 28.6 Å². The van der Waals surface area contributed by atoms with Crippen LogP contribution in [0.25, 0.3) is 0 Å². The highest BCUT2D eigenvalue weighted by Crippen LogP contribution is 2.15. The molecule has 0 saturated heterocycles. The van der Waals surface area contributed by atoms with Crippen molar-refractivity contribution in [2.24, 2.45) is 0 Å². The van der Waals surface area contributed by atoms with Crippen LogP contribution in [0.15, 0.2) is 72.9 Å². The van der Waals surface area contributed by atoms with E-state index in [1.807, 2.05) is 0 Å². The van der Waals surface area contributed by atoms with Gasteiger partial charge in [0.15, 0.2) is 6.10 Å². The SMILES string of the molecule is CCCCC/C=C\C/C=C\C/C=C\CCCCC(=O)OC[C@H](COC(=O)CCCCCCCCCCCCCCCCCCC)OC(=O)CCC/C=C\C/C=C\C/C=C\CCCCCCCC. The van der Waals surface area contributed by atoms with Crippen LogP contribution in [0.4, 0.5) is 0 Å². The molecule has 0 aliphatic rings. The van der Waals surface area contributed by atoms with E-state index in [4.69, 9.17) is 14.2 Å². The number of esters is 3. The number of ether oxygens (including phenoxy) is 3. The van der Waals surface area contributed by atoms with E-state index in [0.29, 0.717) is 19.3 Å². The summed E-state index contributed by atoms with van der Waals surface area (Å²) in [5, 5.41) is 0. The highest BCUT2D eigenvalue weighted by molar-refractivity contribution is 5.71. The van der Waals surface area contributed by atoms with Crippen LogP contribution in [-0.2, 0) is 28.6 Å². The van der Waals surface area contributed by atoms with Crippen molar-refractivity contribution in [2.45, 2.75) is 284 Å². The zero-order valence-electron chi connectivity index (χ0n) is 44.2. The van der Waals surface area contributed by atoms with Gasteiger partial charge < -0.3 is 14.2 Å². The molecule has 0 bridgehead atoms. The number of allylic oxidation sites excluding steroid dienone is 12. The predicted molar refractivity (Wildman–Crippen MR) is 288 cm³/mol. The standard InChI is InChI=1S/C61H106O6/c1-4-7-10-13-16-19-22-25-28-30-33-36-39-42-45-48-51-54-60(63)66-57-58(56-65-59(62)53-50-47-44-41-38-35-32-27-24-21-18-15-12-9-6-3)67-61(64)55-52-49-46-43-40-37-34-31-29-26-23-20-17-14-11-8-5-2/h18,21,26-27,29,32,34,37-38,41,43,46,58H,4-17,19-20,22-25,28,30-31,33,35-36,39-40,42,44-45,47-57H2,1-3H3/b21-18-,29-26-,32-27-,37-34-,41-38-,46-43-/t58-/m1/s1. The number of carbonyl (C=O) groups is 3. The third-order valence-corrected chi connectivity index (χ3v) is 12.2. The number of hydrogen-bond donors (Lipinski definition) is 0. The van der Waals surface area contributed by atoms with Gasteiger partial charge in [-0.05, 0) is 89.9 Å². The van der Waals surface area contributed by atoms with Gasteiger partial charge in [-0.15, -0.1) is 0 Å². The molecule has 6 nitrogen and oxygen atoms in total. The highest BCUT2D eigenvalue weighted by Gasteiger charge is 2.19. The van der Waals surface area contributed by atoms with Crippen molar-refractivity contribution in [1.82, 2.24) is 0 Å². The average Bonchev–Trinajstić information content (AvgIpc) is 3.33. The molecule has 0 aromatic heterocycles. The summed E-state index contributed by atoms with van der Waals surface area (Å²) in [6, 6.07) is 0. The molecule has 0 amide bonds. The predicted octanol–water partition coefficient (Wildman–Crippen LogP) is 19.0. The van der Waals surface area contributed by atoms with Gasteiger partial charge in [0.25, 0.3) is 0 Å². The Hall–Kier alpha value is -3.15. The second-order valence-electron chi connectivity index (χ2n) is 18.8. The average molecular weight is 936 g/mol. The molecule has 0 aliphatic carbocycles. The summed E-state index contributed by atoms with van der Waals surface area (Å²) in [6.07, 6.45) is 70.4. The maximum atomic E-state index is 12.8. The minimum atomic E-state index is -0.816. The van der Waals surface area contributed by atoms with Gasteiger partial charge in [-0.25, -0.2) is 0 Å². The Morgan fingerprint density at radius 1 is 0.299 bits per heavy atom. The second kappa shape index (κ2) is 55.4. The van der Waals surface area contributed by atoms with E-state index < -0.39 is 6.10 Å². The van der Waals surface area contributed by atoms with E-state index in [0.717, 1.165) is 70.6 Å². The molecule has 0 aliphatic heterocycles. The summed E-state index contributed by atoms with van der Waals surface area (Å²) in [4.78, 5) is 38.1. The highest BCUT2D eigenvalue weighted by atomic mass is 16.6. The number of rotatable bonds is 51. The lowest BCUT2D eigenvalue weighted by Crippen LogP contribution is -2.30. The van der Waals surface area contributed by atoms with Gasteiger partial charge in [-0.3, -0.25) is 14.4 Å². The van der Waals surface area contributed by atoms with Gasteiger partial charge in [-0.2, -0.15) is 0 Å². The van der Waals surface area contributed by atoms with Crippen molar-refractivity contribution in [2.75, 3.05) is 13.2 Å². The molecular formula is C61H106O6. The summed E-state index contributed by atoms with van der Waals surface area (Å²) in [5.41, 5.74) is 0. The van der Waals surface area contributed by atoms with Gasteiger partial charge in [0.1, 0.15) is 13.2 Å². The molecule has 386 valence electrons. The maximum absolute atomic E-state index is 12.8. The lowest BCUT2D eigenvalue weighted by molar-refractivity contribution is -0.167. The first-order chi connectivity index (χ1) is 33.0. The van der Waals surface area contributed by atoms with Gasteiger partial charge in [0.05, 0.1) is 0 Å². The van der Waals surface area contributed by atoms with Crippen LogP contribution in [0.5, 0.6) is 0 Å². The summed E-state index contributed by atoms with van der Waals surface area (Å²) in [6.45, 7) is 6.55. The summed E-state index contributed by atoms with van der Waals surface area (Å²) >= 11 is 0. The Balaban J connectivity index is 4.49. The van der Waals surface area contributed by atoms with E-state index in [1.165, 1.54) is 161 Å². The topological polar surface area (TPSA) is 78.9 Å². The van der Waals surface area contributed by atoms with E-state index in [9.17, 15) is 14.4 Å². The molecule has 6 heteroatoms. The van der Waals surface area contributed by atoms with Gasteiger partial charge in [0, 0.05) is 19.3 Å².